The Balaban J connectivity index is 1.74. The maximum Gasteiger partial charge on any atom is 0.405 e. The molecule has 0 radical (unpaired) electrons. The first-order valence-corrected chi connectivity index (χ1v) is 12.2. The number of aryl methyl sites for hydroxylation is 1. The molecule has 1 atom stereocenters. The Kier molecular flexibility index (Phi) is 9.69. The minimum Gasteiger partial charge on any atom is -0.465 e. The van der Waals surface area contributed by atoms with Gasteiger partial charge in [0, 0.05) is 26.7 Å². The van der Waals surface area contributed by atoms with Crippen molar-refractivity contribution in [1.82, 2.24) is 24.8 Å². The SMILES string of the molecule is CN(C)C(=O)/C=C/CCC(NC(=O)O)C(=O)Nc1cccn(Cc2nc3c(CCC(F)(F)F)cccc3[nH]2)c1=O. The van der Waals surface area contributed by atoms with Gasteiger partial charge in [-0.3, -0.25) is 14.4 Å². The lowest BCUT2D eigenvalue weighted by Gasteiger charge is -2.16. The Morgan fingerprint density at radius 3 is 2.62 bits per heavy atom. The van der Waals surface area contributed by atoms with Crippen LogP contribution >= 0.6 is 0 Å². The molecule has 214 valence electrons. The number of pyridine rings is 1. The van der Waals surface area contributed by atoms with E-state index in [2.05, 4.69) is 20.6 Å². The molecular formula is C26H29F3N6O5. The van der Waals surface area contributed by atoms with Crippen LogP contribution in [0.25, 0.3) is 11.0 Å². The quantitative estimate of drug-likeness (QED) is 0.264. The molecule has 2 aromatic heterocycles. The van der Waals surface area contributed by atoms with E-state index in [0.717, 1.165) is 0 Å². The third kappa shape index (κ3) is 8.44. The number of anilines is 1. The van der Waals surface area contributed by atoms with Gasteiger partial charge in [-0.05, 0) is 49.1 Å². The molecule has 4 N–H and O–H groups in total. The summed E-state index contributed by atoms with van der Waals surface area (Å²) < 4.78 is 39.4. The summed E-state index contributed by atoms with van der Waals surface area (Å²) in [4.78, 5) is 57.4. The van der Waals surface area contributed by atoms with E-state index in [0.29, 0.717) is 22.4 Å². The number of aromatic amines is 1. The number of carbonyl (C=O) groups excluding carboxylic acids is 2. The Morgan fingerprint density at radius 1 is 1.20 bits per heavy atom. The van der Waals surface area contributed by atoms with Crippen molar-refractivity contribution < 1.29 is 32.7 Å². The van der Waals surface area contributed by atoms with Gasteiger partial charge in [0.1, 0.15) is 17.6 Å². The molecule has 0 bridgehead atoms. The van der Waals surface area contributed by atoms with Gasteiger partial charge in [0.2, 0.25) is 11.8 Å². The van der Waals surface area contributed by atoms with E-state index in [1.54, 1.807) is 32.3 Å². The van der Waals surface area contributed by atoms with E-state index >= 15 is 0 Å². The van der Waals surface area contributed by atoms with Gasteiger partial charge in [-0.1, -0.05) is 18.2 Å². The molecule has 0 aliphatic carbocycles. The van der Waals surface area contributed by atoms with E-state index in [4.69, 9.17) is 5.11 Å². The van der Waals surface area contributed by atoms with Crippen molar-refractivity contribution in [3.05, 3.63) is 70.4 Å². The van der Waals surface area contributed by atoms with Gasteiger partial charge in [0.15, 0.2) is 0 Å². The number of halogens is 3. The topological polar surface area (TPSA) is 149 Å². The number of hydrogen-bond acceptors (Lipinski definition) is 5. The average molecular weight is 563 g/mol. The Bertz CT molecular complexity index is 1460. The first-order valence-electron chi connectivity index (χ1n) is 12.2. The van der Waals surface area contributed by atoms with Crippen molar-refractivity contribution in [2.24, 2.45) is 0 Å². The number of H-pyrrole nitrogens is 1. The molecule has 0 saturated heterocycles. The molecule has 0 aliphatic rings. The zero-order valence-electron chi connectivity index (χ0n) is 21.8. The smallest absolute Gasteiger partial charge is 0.405 e. The molecule has 3 rings (SSSR count). The molecule has 1 aromatic carbocycles. The van der Waals surface area contributed by atoms with Crippen molar-refractivity contribution in [2.45, 2.75) is 44.4 Å². The standard InChI is InChI=1S/C26H29F3N6O5/c1-34(2)21(36)11-4-3-8-18(32-25(39)40)23(37)31-19-10-6-14-35(24(19)38)15-20-30-17-9-5-7-16(22(17)33-20)12-13-26(27,28)29/h4-7,9-11,14,18,32H,3,8,12-13,15H2,1-2H3,(H,30,33)(H,31,37)(H,39,40)/b11-4+. The van der Waals surface area contributed by atoms with Crippen LogP contribution in [0.3, 0.4) is 0 Å². The number of amides is 3. The second-order valence-electron chi connectivity index (χ2n) is 9.17. The largest absolute Gasteiger partial charge is 0.465 e. The highest BCUT2D eigenvalue weighted by atomic mass is 19.4. The number of para-hydroxylation sites is 1. The number of nitrogens with one attached hydrogen (secondary N) is 3. The lowest BCUT2D eigenvalue weighted by molar-refractivity contribution is -0.134. The van der Waals surface area contributed by atoms with Crippen molar-refractivity contribution in [3.63, 3.8) is 0 Å². The number of hydrogen-bond donors (Lipinski definition) is 4. The van der Waals surface area contributed by atoms with Gasteiger partial charge in [-0.25, -0.2) is 9.78 Å². The van der Waals surface area contributed by atoms with Crippen LogP contribution in [0, 0.1) is 0 Å². The average Bonchev–Trinajstić information content (AvgIpc) is 3.29. The lowest BCUT2D eigenvalue weighted by Crippen LogP contribution is -2.44. The van der Waals surface area contributed by atoms with Gasteiger partial charge in [-0.2, -0.15) is 13.2 Å². The predicted octanol–water partition coefficient (Wildman–Crippen LogP) is 3.27. The zero-order chi connectivity index (χ0) is 29.4. The van der Waals surface area contributed by atoms with Crippen LogP contribution in [0.2, 0.25) is 0 Å². The summed E-state index contributed by atoms with van der Waals surface area (Å²) in [6.45, 7) is -0.0581. The van der Waals surface area contributed by atoms with Crippen molar-refractivity contribution in [1.29, 1.82) is 0 Å². The van der Waals surface area contributed by atoms with E-state index < -0.39 is 36.2 Å². The molecule has 0 fully saturated rings. The number of carboxylic acid groups (broad SMARTS) is 1. The summed E-state index contributed by atoms with van der Waals surface area (Å²) in [7, 11) is 3.15. The summed E-state index contributed by atoms with van der Waals surface area (Å²) in [6.07, 6.45) is -2.43. The van der Waals surface area contributed by atoms with Crippen LogP contribution < -0.4 is 16.2 Å². The Labute approximate surface area is 226 Å². The van der Waals surface area contributed by atoms with Gasteiger partial charge in [0.25, 0.3) is 5.56 Å². The third-order valence-corrected chi connectivity index (χ3v) is 5.86. The van der Waals surface area contributed by atoms with Crippen LogP contribution in [-0.2, 0) is 22.6 Å². The van der Waals surface area contributed by atoms with Crippen molar-refractivity contribution >= 4 is 34.6 Å². The number of fused-ring (bicyclic) bond motifs is 1. The van der Waals surface area contributed by atoms with Crippen LogP contribution in [0.1, 0.15) is 30.7 Å². The predicted molar refractivity (Wildman–Crippen MR) is 141 cm³/mol. The number of imidazole rings is 1. The maximum absolute atomic E-state index is 13.0. The van der Waals surface area contributed by atoms with Gasteiger partial charge in [0.05, 0.1) is 17.6 Å². The molecule has 3 amide bonds. The monoisotopic (exact) mass is 562 g/mol. The zero-order valence-corrected chi connectivity index (χ0v) is 21.8. The van der Waals surface area contributed by atoms with Gasteiger partial charge in [-0.15, -0.1) is 0 Å². The van der Waals surface area contributed by atoms with Crippen LogP contribution in [0.15, 0.2) is 53.5 Å². The van der Waals surface area contributed by atoms with E-state index in [-0.39, 0.29) is 37.4 Å². The highest BCUT2D eigenvalue weighted by Gasteiger charge is 2.27. The molecule has 0 saturated carbocycles. The van der Waals surface area contributed by atoms with Crippen LogP contribution in [0.4, 0.5) is 23.7 Å². The fourth-order valence-corrected chi connectivity index (χ4v) is 3.85. The minimum absolute atomic E-state index is 0.0338. The highest BCUT2D eigenvalue weighted by molar-refractivity contribution is 5.96. The lowest BCUT2D eigenvalue weighted by atomic mass is 10.1. The summed E-state index contributed by atoms with van der Waals surface area (Å²) in [5, 5.41) is 13.7. The number of alkyl halides is 3. The van der Waals surface area contributed by atoms with E-state index in [9.17, 15) is 32.3 Å². The normalized spacial score (nSPS) is 12.4. The molecule has 11 nitrogen and oxygen atoms in total. The second-order valence-corrected chi connectivity index (χ2v) is 9.17. The van der Waals surface area contributed by atoms with Crippen LogP contribution in [-0.4, -0.2) is 68.8 Å². The van der Waals surface area contributed by atoms with E-state index in [1.807, 2.05) is 0 Å². The Hall–Kier alpha value is -4.62. The molecule has 3 aromatic rings. The first-order chi connectivity index (χ1) is 18.8. The number of nitrogens with zero attached hydrogens (tertiary/aromatic N) is 3. The molecule has 2 heterocycles. The van der Waals surface area contributed by atoms with E-state index in [1.165, 1.54) is 39.9 Å². The molecule has 14 heteroatoms. The number of carbonyl (C=O) groups is 3. The van der Waals surface area contributed by atoms with Crippen molar-refractivity contribution in [2.75, 3.05) is 19.4 Å². The highest BCUT2D eigenvalue weighted by Crippen LogP contribution is 2.25. The number of allylic oxidation sites excluding steroid dienone is 1. The summed E-state index contributed by atoms with van der Waals surface area (Å²) >= 11 is 0. The third-order valence-electron chi connectivity index (χ3n) is 5.86. The fraction of sp³-hybridized carbons (Fsp3) is 0.346. The van der Waals surface area contributed by atoms with Crippen LogP contribution in [0.5, 0.6) is 0 Å². The van der Waals surface area contributed by atoms with Crippen molar-refractivity contribution in [3.8, 4) is 0 Å². The Morgan fingerprint density at radius 2 is 1.95 bits per heavy atom. The summed E-state index contributed by atoms with van der Waals surface area (Å²) in [5.74, 6) is -0.703. The summed E-state index contributed by atoms with van der Waals surface area (Å²) in [5.41, 5.74) is 0.618. The molecule has 0 aliphatic heterocycles. The molecule has 1 unspecified atom stereocenters. The second kappa shape index (κ2) is 13.0. The molecule has 0 spiro atoms. The molecule has 40 heavy (non-hydrogen) atoms. The number of benzene rings is 1. The minimum atomic E-state index is -4.31. The number of likely N-dealkylation sites (N-methyl/N-ethyl adjacent to an activating group) is 1. The molecular weight excluding hydrogens is 533 g/mol. The number of aromatic nitrogens is 3. The first kappa shape index (κ1) is 29.9. The fourth-order valence-electron chi connectivity index (χ4n) is 3.85. The van der Waals surface area contributed by atoms with Gasteiger partial charge >= 0.3 is 12.3 Å². The van der Waals surface area contributed by atoms with Gasteiger partial charge < -0.3 is 30.2 Å². The maximum atomic E-state index is 13.0. The summed E-state index contributed by atoms with van der Waals surface area (Å²) in [6, 6.07) is 6.52. The number of rotatable bonds is 11.